The molecule has 4 aromatic heterocycles. The van der Waals surface area contributed by atoms with E-state index in [1.54, 1.807) is 0 Å². The van der Waals surface area contributed by atoms with Gasteiger partial charge in [0.25, 0.3) is 0 Å². The summed E-state index contributed by atoms with van der Waals surface area (Å²) in [6.45, 7) is 8.70. The predicted molar refractivity (Wildman–Crippen MR) is 113 cm³/mol. The van der Waals surface area contributed by atoms with Crippen LogP contribution in [0.3, 0.4) is 0 Å². The summed E-state index contributed by atoms with van der Waals surface area (Å²) in [4.78, 5) is 2.69. The zero-order valence-corrected chi connectivity index (χ0v) is 16.6. The van der Waals surface area contributed by atoms with E-state index >= 15 is 0 Å². The highest BCUT2D eigenvalue weighted by Gasteiger charge is 2.22. The van der Waals surface area contributed by atoms with Crippen molar-refractivity contribution in [3.05, 3.63) is 45.1 Å². The van der Waals surface area contributed by atoms with E-state index in [1.165, 1.54) is 41.1 Å². The zero-order chi connectivity index (χ0) is 17.7. The highest BCUT2D eigenvalue weighted by Crippen LogP contribution is 2.45. The molecule has 0 saturated carbocycles. The summed E-state index contributed by atoms with van der Waals surface area (Å²) in [6, 6.07) is 8.68. The Morgan fingerprint density at radius 3 is 1.42 bits per heavy atom. The minimum absolute atomic E-state index is 0.871. The smallest absolute Gasteiger partial charge is 0.181 e. The van der Waals surface area contributed by atoms with Gasteiger partial charge in [-0.3, -0.25) is 0 Å². The number of hydrogen-bond acceptors (Lipinski definition) is 4. The normalized spacial score (nSPS) is 12.6. The quantitative estimate of drug-likeness (QED) is 0.268. The third-order valence-corrected chi connectivity index (χ3v) is 8.02. The van der Waals surface area contributed by atoms with Gasteiger partial charge < -0.3 is 8.83 Å². The molecule has 2 aromatic carbocycles. The van der Waals surface area contributed by atoms with Crippen molar-refractivity contribution in [2.45, 2.75) is 27.7 Å². The molecule has 0 amide bonds. The average molecular weight is 377 g/mol. The van der Waals surface area contributed by atoms with E-state index in [9.17, 15) is 0 Å². The largest absolute Gasteiger partial charge is 0.451 e. The van der Waals surface area contributed by atoms with E-state index in [1.807, 2.05) is 22.7 Å². The van der Waals surface area contributed by atoms with Crippen LogP contribution < -0.4 is 0 Å². The molecular weight excluding hydrogens is 360 g/mol. The zero-order valence-electron chi connectivity index (χ0n) is 14.9. The molecule has 4 heterocycles. The first kappa shape index (κ1) is 14.8. The lowest BCUT2D eigenvalue weighted by Gasteiger charge is -1.96. The van der Waals surface area contributed by atoms with Gasteiger partial charge in [0, 0.05) is 29.9 Å². The molecule has 0 aliphatic carbocycles. The first-order chi connectivity index (χ1) is 12.5. The Morgan fingerprint density at radius 1 is 0.577 bits per heavy atom. The van der Waals surface area contributed by atoms with E-state index < -0.39 is 0 Å². The molecule has 128 valence electrons. The van der Waals surface area contributed by atoms with Crippen LogP contribution in [0.1, 0.15) is 20.9 Å². The standard InChI is InChI=1S/C22H16O2S2/c1-9-11(3)25-15-7-5-13-19(17(9)15)23-22-14-6-8-16-18(10(2)12(4)26-16)20(14)24-21(13)22/h5-8H,1-4H3. The highest BCUT2D eigenvalue weighted by atomic mass is 32.1. The SMILES string of the molecule is Cc1sc2ccc3c4oc5c(ccc6sc(C)c(C)c65)c4oc3c2c1C. The Balaban J connectivity index is 1.85. The molecule has 26 heavy (non-hydrogen) atoms. The number of rotatable bonds is 0. The molecule has 0 aliphatic rings. The van der Waals surface area contributed by atoms with Gasteiger partial charge in [0.1, 0.15) is 11.2 Å². The molecule has 0 aliphatic heterocycles. The summed E-state index contributed by atoms with van der Waals surface area (Å²) >= 11 is 3.65. The van der Waals surface area contributed by atoms with Crippen molar-refractivity contribution in [1.82, 2.24) is 0 Å². The van der Waals surface area contributed by atoms with Gasteiger partial charge in [0.15, 0.2) is 11.2 Å². The molecule has 0 unspecified atom stereocenters. The molecule has 4 heteroatoms. The van der Waals surface area contributed by atoms with Crippen molar-refractivity contribution in [2.75, 3.05) is 0 Å². The van der Waals surface area contributed by atoms with Crippen LogP contribution in [0.4, 0.5) is 0 Å². The number of hydrogen-bond donors (Lipinski definition) is 0. The van der Waals surface area contributed by atoms with Crippen molar-refractivity contribution in [2.24, 2.45) is 0 Å². The van der Waals surface area contributed by atoms with E-state index in [0.29, 0.717) is 0 Å². The van der Waals surface area contributed by atoms with E-state index in [2.05, 4.69) is 52.0 Å². The van der Waals surface area contributed by atoms with Crippen molar-refractivity contribution < 1.29 is 8.83 Å². The topological polar surface area (TPSA) is 26.3 Å². The van der Waals surface area contributed by atoms with E-state index in [0.717, 1.165) is 33.1 Å². The van der Waals surface area contributed by atoms with Crippen LogP contribution in [0.2, 0.25) is 0 Å². The maximum Gasteiger partial charge on any atom is 0.181 e. The van der Waals surface area contributed by atoms with E-state index in [-0.39, 0.29) is 0 Å². The summed E-state index contributed by atoms with van der Waals surface area (Å²) in [6.07, 6.45) is 0. The maximum absolute atomic E-state index is 6.43. The number of benzene rings is 2. The third-order valence-electron chi connectivity index (χ3n) is 5.67. The number of furan rings is 2. The summed E-state index contributed by atoms with van der Waals surface area (Å²) < 4.78 is 15.4. The second kappa shape index (κ2) is 4.70. The second-order valence-corrected chi connectivity index (χ2v) is 9.57. The lowest BCUT2D eigenvalue weighted by Crippen LogP contribution is -1.74. The molecule has 6 aromatic rings. The van der Waals surface area contributed by atoms with E-state index in [4.69, 9.17) is 8.83 Å². The average Bonchev–Trinajstić information content (AvgIpc) is 3.30. The van der Waals surface area contributed by atoms with Crippen molar-refractivity contribution >= 4 is 76.0 Å². The minimum Gasteiger partial charge on any atom is -0.451 e. The minimum atomic E-state index is 0.871. The molecule has 0 fully saturated rings. The number of fused-ring (bicyclic) bond motifs is 9. The van der Waals surface area contributed by atoms with Gasteiger partial charge in [-0.15, -0.1) is 22.7 Å². The van der Waals surface area contributed by atoms with Gasteiger partial charge in [-0.25, -0.2) is 0 Å². The Labute approximate surface area is 157 Å². The predicted octanol–water partition coefficient (Wildman–Crippen LogP) is 8.00. The van der Waals surface area contributed by atoms with Gasteiger partial charge in [0.2, 0.25) is 0 Å². The first-order valence-corrected chi connectivity index (χ1v) is 10.3. The van der Waals surface area contributed by atoms with Crippen molar-refractivity contribution in [1.29, 1.82) is 0 Å². The molecule has 0 spiro atoms. The lowest BCUT2D eigenvalue weighted by atomic mass is 10.1. The molecule has 0 N–H and O–H groups in total. The van der Waals surface area contributed by atoms with Gasteiger partial charge >= 0.3 is 0 Å². The van der Waals surface area contributed by atoms with Crippen LogP contribution in [-0.2, 0) is 0 Å². The molecule has 0 radical (unpaired) electrons. The van der Waals surface area contributed by atoms with Gasteiger partial charge in [-0.1, -0.05) is 0 Å². The highest BCUT2D eigenvalue weighted by molar-refractivity contribution is 7.19. The van der Waals surface area contributed by atoms with Crippen LogP contribution in [0.15, 0.2) is 33.1 Å². The second-order valence-electron chi connectivity index (χ2n) is 7.06. The molecule has 6 rings (SSSR count). The first-order valence-electron chi connectivity index (χ1n) is 8.70. The fourth-order valence-corrected chi connectivity index (χ4v) is 6.20. The van der Waals surface area contributed by atoms with Crippen molar-refractivity contribution in [3.63, 3.8) is 0 Å². The molecule has 0 atom stereocenters. The molecule has 0 saturated heterocycles. The van der Waals surface area contributed by atoms with Gasteiger partial charge in [-0.05, 0) is 63.1 Å². The Hall–Kier alpha value is -2.30. The number of aryl methyl sites for hydroxylation is 4. The van der Waals surface area contributed by atoms with Crippen molar-refractivity contribution in [3.8, 4) is 0 Å². The van der Waals surface area contributed by atoms with Gasteiger partial charge in [-0.2, -0.15) is 0 Å². The Morgan fingerprint density at radius 2 is 1.00 bits per heavy atom. The lowest BCUT2D eigenvalue weighted by molar-refractivity contribution is 0.656. The Bertz CT molecular complexity index is 1400. The monoisotopic (exact) mass is 376 g/mol. The Kier molecular flexibility index (Phi) is 2.68. The summed E-state index contributed by atoms with van der Waals surface area (Å²) in [7, 11) is 0. The number of thiophene rings is 2. The maximum atomic E-state index is 6.43. The molecule has 0 bridgehead atoms. The molecular formula is C22H16O2S2. The van der Waals surface area contributed by atoms with Crippen LogP contribution in [0.5, 0.6) is 0 Å². The van der Waals surface area contributed by atoms with Crippen LogP contribution in [0.25, 0.3) is 53.3 Å². The third kappa shape index (κ3) is 1.62. The summed E-state index contributed by atoms with van der Waals surface area (Å²) in [5.74, 6) is 0. The fraction of sp³-hybridized carbons (Fsp3) is 0.182. The molecule has 2 nitrogen and oxygen atoms in total. The van der Waals surface area contributed by atoms with Crippen LogP contribution in [-0.4, -0.2) is 0 Å². The summed E-state index contributed by atoms with van der Waals surface area (Å²) in [5.41, 5.74) is 6.27. The van der Waals surface area contributed by atoms with Gasteiger partial charge in [0.05, 0.1) is 10.8 Å². The van der Waals surface area contributed by atoms with Crippen LogP contribution >= 0.6 is 22.7 Å². The summed E-state index contributed by atoms with van der Waals surface area (Å²) in [5, 5.41) is 4.60. The fourth-order valence-electron chi connectivity index (χ4n) is 4.07. The van der Waals surface area contributed by atoms with Crippen LogP contribution in [0, 0.1) is 27.7 Å².